The summed E-state index contributed by atoms with van der Waals surface area (Å²) in [5, 5.41) is 5.79. The Balaban J connectivity index is 1.74. The molecule has 8 heteroatoms. The Labute approximate surface area is 171 Å². The summed E-state index contributed by atoms with van der Waals surface area (Å²) in [6.07, 6.45) is 3.57. The fraction of sp³-hybridized carbons (Fsp3) is 0.476. The van der Waals surface area contributed by atoms with Crippen LogP contribution in [0.25, 0.3) is 0 Å². The van der Waals surface area contributed by atoms with Crippen molar-refractivity contribution >= 4 is 17.5 Å². The van der Waals surface area contributed by atoms with Gasteiger partial charge in [0.25, 0.3) is 11.8 Å². The van der Waals surface area contributed by atoms with E-state index in [9.17, 15) is 9.59 Å². The maximum Gasteiger partial charge on any atom is 0.291 e. The maximum atomic E-state index is 12.8. The number of benzene rings is 1. The molecule has 0 radical (unpaired) electrons. The molecule has 1 aromatic carbocycles. The number of carbonyl (C=O) groups is 2. The Bertz CT molecular complexity index is 858. The number of methoxy groups -OCH3 is 1. The van der Waals surface area contributed by atoms with Crippen molar-refractivity contribution < 1.29 is 14.3 Å². The summed E-state index contributed by atoms with van der Waals surface area (Å²) < 4.78 is 7.03. The number of rotatable bonds is 8. The standard InChI is InChI=1S/C21H29N5O3/c1-25(2)13-6-12-22-20(27)18-17-7-4-5-14-26(17)19(24-18)21(28)23-15-8-10-16(29-3)11-9-15/h8-11H,4-7,12-14H2,1-3H3,(H,22,27)(H,23,28). The van der Waals surface area contributed by atoms with E-state index in [0.29, 0.717) is 24.5 Å². The molecule has 2 heterocycles. The molecule has 1 aliphatic rings. The number of hydrogen-bond acceptors (Lipinski definition) is 5. The summed E-state index contributed by atoms with van der Waals surface area (Å²) in [6, 6.07) is 7.11. The molecule has 0 saturated heterocycles. The monoisotopic (exact) mass is 399 g/mol. The molecule has 0 unspecified atom stereocenters. The van der Waals surface area contributed by atoms with Crippen molar-refractivity contribution in [3.63, 3.8) is 0 Å². The molecule has 1 aliphatic heterocycles. The lowest BCUT2D eigenvalue weighted by Crippen LogP contribution is -2.28. The quantitative estimate of drug-likeness (QED) is 0.664. The number of ether oxygens (including phenoxy) is 1. The van der Waals surface area contributed by atoms with Crippen molar-refractivity contribution in [2.45, 2.75) is 32.2 Å². The van der Waals surface area contributed by atoms with Gasteiger partial charge in [0.05, 0.1) is 12.8 Å². The van der Waals surface area contributed by atoms with Gasteiger partial charge in [-0.2, -0.15) is 0 Å². The van der Waals surface area contributed by atoms with E-state index in [1.165, 1.54) is 0 Å². The number of anilines is 1. The number of carbonyl (C=O) groups excluding carboxylic acids is 2. The molecule has 2 aromatic rings. The van der Waals surface area contributed by atoms with Crippen molar-refractivity contribution in [2.75, 3.05) is 39.6 Å². The zero-order valence-electron chi connectivity index (χ0n) is 17.3. The fourth-order valence-electron chi connectivity index (χ4n) is 3.44. The van der Waals surface area contributed by atoms with Crippen molar-refractivity contribution in [2.24, 2.45) is 0 Å². The lowest BCUT2D eigenvalue weighted by molar-refractivity contribution is 0.0946. The van der Waals surface area contributed by atoms with Gasteiger partial charge >= 0.3 is 0 Å². The van der Waals surface area contributed by atoms with Crippen LogP contribution in [0.5, 0.6) is 5.75 Å². The average Bonchev–Trinajstić information content (AvgIpc) is 3.11. The first-order valence-corrected chi connectivity index (χ1v) is 9.97. The molecule has 0 atom stereocenters. The molecule has 3 rings (SSSR count). The van der Waals surface area contributed by atoms with Crippen LogP contribution in [0.4, 0.5) is 5.69 Å². The molecule has 29 heavy (non-hydrogen) atoms. The van der Waals surface area contributed by atoms with Gasteiger partial charge in [0.1, 0.15) is 11.4 Å². The van der Waals surface area contributed by atoms with Crippen LogP contribution in [0, 0.1) is 0 Å². The molecular weight excluding hydrogens is 370 g/mol. The van der Waals surface area contributed by atoms with Crippen LogP contribution in [0.2, 0.25) is 0 Å². The van der Waals surface area contributed by atoms with Crippen LogP contribution in [-0.2, 0) is 13.0 Å². The molecule has 0 saturated carbocycles. The summed E-state index contributed by atoms with van der Waals surface area (Å²) in [5.74, 6) is 0.478. The van der Waals surface area contributed by atoms with Gasteiger partial charge in [-0.15, -0.1) is 0 Å². The third kappa shape index (κ3) is 5.14. The first-order chi connectivity index (χ1) is 14.0. The van der Waals surface area contributed by atoms with Crippen molar-refractivity contribution in [3.8, 4) is 5.75 Å². The Hall–Kier alpha value is -2.87. The molecular formula is C21H29N5O3. The highest BCUT2D eigenvalue weighted by Gasteiger charge is 2.27. The van der Waals surface area contributed by atoms with E-state index in [-0.39, 0.29) is 17.6 Å². The van der Waals surface area contributed by atoms with E-state index in [0.717, 1.165) is 43.7 Å². The molecule has 0 fully saturated rings. The Morgan fingerprint density at radius 3 is 2.62 bits per heavy atom. The third-order valence-corrected chi connectivity index (χ3v) is 4.95. The van der Waals surface area contributed by atoms with E-state index in [1.807, 2.05) is 18.7 Å². The van der Waals surface area contributed by atoms with Crippen LogP contribution in [0.1, 0.15) is 46.1 Å². The third-order valence-electron chi connectivity index (χ3n) is 4.95. The van der Waals surface area contributed by atoms with Crippen LogP contribution < -0.4 is 15.4 Å². The average molecular weight is 399 g/mol. The second-order valence-electron chi connectivity index (χ2n) is 7.43. The number of fused-ring (bicyclic) bond motifs is 1. The van der Waals surface area contributed by atoms with Gasteiger partial charge in [0.2, 0.25) is 0 Å². The summed E-state index contributed by atoms with van der Waals surface area (Å²) >= 11 is 0. The SMILES string of the molecule is COc1ccc(NC(=O)c2nc(C(=O)NCCCN(C)C)c3n2CCCC3)cc1. The van der Waals surface area contributed by atoms with Gasteiger partial charge in [-0.1, -0.05) is 0 Å². The summed E-state index contributed by atoms with van der Waals surface area (Å²) in [5.41, 5.74) is 1.87. The van der Waals surface area contributed by atoms with Crippen molar-refractivity contribution in [1.82, 2.24) is 19.8 Å². The normalized spacial score (nSPS) is 13.1. The molecule has 0 aliphatic carbocycles. The lowest BCUT2D eigenvalue weighted by atomic mass is 10.1. The molecule has 1 aromatic heterocycles. The number of imidazole rings is 1. The Morgan fingerprint density at radius 1 is 1.17 bits per heavy atom. The van der Waals surface area contributed by atoms with Crippen LogP contribution in [0.15, 0.2) is 24.3 Å². The van der Waals surface area contributed by atoms with Gasteiger partial charge in [0.15, 0.2) is 5.82 Å². The van der Waals surface area contributed by atoms with Gasteiger partial charge < -0.3 is 24.8 Å². The smallest absolute Gasteiger partial charge is 0.291 e. The number of nitrogens with one attached hydrogen (secondary N) is 2. The minimum absolute atomic E-state index is 0.210. The van der Waals surface area contributed by atoms with Crippen LogP contribution >= 0.6 is 0 Å². The van der Waals surface area contributed by atoms with Gasteiger partial charge in [0, 0.05) is 18.8 Å². The first kappa shape index (κ1) is 20.9. The summed E-state index contributed by atoms with van der Waals surface area (Å²) in [7, 11) is 5.60. The molecule has 2 N–H and O–H groups in total. The highest BCUT2D eigenvalue weighted by Crippen LogP contribution is 2.22. The van der Waals surface area contributed by atoms with Crippen LogP contribution in [0.3, 0.4) is 0 Å². The van der Waals surface area contributed by atoms with Crippen molar-refractivity contribution in [1.29, 1.82) is 0 Å². The fourth-order valence-corrected chi connectivity index (χ4v) is 3.44. The number of nitrogens with zero attached hydrogens (tertiary/aromatic N) is 3. The molecule has 2 amide bonds. The van der Waals surface area contributed by atoms with E-state index in [4.69, 9.17) is 4.74 Å². The Morgan fingerprint density at radius 2 is 1.93 bits per heavy atom. The van der Waals surface area contributed by atoms with Gasteiger partial charge in [-0.25, -0.2) is 4.98 Å². The summed E-state index contributed by atoms with van der Waals surface area (Å²) in [4.78, 5) is 32.0. The predicted octanol–water partition coefficient (Wildman–Crippen LogP) is 2.16. The second kappa shape index (κ2) is 9.56. The lowest BCUT2D eigenvalue weighted by Gasteiger charge is -2.17. The zero-order valence-corrected chi connectivity index (χ0v) is 17.3. The highest BCUT2D eigenvalue weighted by molar-refractivity contribution is 6.03. The molecule has 0 bridgehead atoms. The van der Waals surface area contributed by atoms with E-state index < -0.39 is 0 Å². The Kier molecular flexibility index (Phi) is 6.87. The topological polar surface area (TPSA) is 88.5 Å². The van der Waals surface area contributed by atoms with E-state index in [2.05, 4.69) is 20.5 Å². The number of amides is 2. The zero-order chi connectivity index (χ0) is 20.8. The highest BCUT2D eigenvalue weighted by atomic mass is 16.5. The number of aromatic nitrogens is 2. The van der Waals surface area contributed by atoms with Crippen molar-refractivity contribution in [3.05, 3.63) is 41.5 Å². The molecule has 8 nitrogen and oxygen atoms in total. The number of hydrogen-bond donors (Lipinski definition) is 2. The first-order valence-electron chi connectivity index (χ1n) is 9.97. The van der Waals surface area contributed by atoms with Crippen LogP contribution in [-0.4, -0.2) is 60.6 Å². The molecule has 156 valence electrons. The van der Waals surface area contributed by atoms with Gasteiger partial charge in [-0.3, -0.25) is 9.59 Å². The largest absolute Gasteiger partial charge is 0.497 e. The maximum absolute atomic E-state index is 12.8. The molecule has 0 spiro atoms. The minimum atomic E-state index is -0.315. The predicted molar refractivity (Wildman–Crippen MR) is 112 cm³/mol. The van der Waals surface area contributed by atoms with E-state index >= 15 is 0 Å². The van der Waals surface area contributed by atoms with Gasteiger partial charge in [-0.05, 0) is 70.6 Å². The minimum Gasteiger partial charge on any atom is -0.497 e. The summed E-state index contributed by atoms with van der Waals surface area (Å²) in [6.45, 7) is 2.18. The second-order valence-corrected chi connectivity index (χ2v) is 7.43. The van der Waals surface area contributed by atoms with E-state index in [1.54, 1.807) is 31.4 Å².